The van der Waals surface area contributed by atoms with Gasteiger partial charge >= 0.3 is 5.97 Å². The van der Waals surface area contributed by atoms with Crippen LogP contribution in [-0.2, 0) is 16.0 Å². The van der Waals surface area contributed by atoms with Crippen molar-refractivity contribution in [2.75, 3.05) is 13.1 Å². The van der Waals surface area contributed by atoms with E-state index in [1.54, 1.807) is 0 Å². The summed E-state index contributed by atoms with van der Waals surface area (Å²) in [6.07, 6.45) is 5.51. The number of carboxylic acid groups (broad SMARTS) is 1. The molecule has 3 rings (SSSR count). The third-order valence-corrected chi connectivity index (χ3v) is 5.81. The van der Waals surface area contributed by atoms with E-state index in [4.69, 9.17) is 16.7 Å². The smallest absolute Gasteiger partial charge is 0.317 e. The predicted octanol–water partition coefficient (Wildman–Crippen LogP) is 3.35. The Kier molecular flexibility index (Phi) is 6.77. The van der Waals surface area contributed by atoms with E-state index in [1.165, 1.54) is 18.4 Å². The molecule has 0 heterocycles. The molecule has 0 bridgehead atoms. The van der Waals surface area contributed by atoms with Crippen LogP contribution in [0.5, 0.6) is 0 Å². The summed E-state index contributed by atoms with van der Waals surface area (Å²) in [5.74, 6) is 0.262. The van der Waals surface area contributed by atoms with Crippen LogP contribution in [-0.4, -0.2) is 47.1 Å². The van der Waals surface area contributed by atoms with Gasteiger partial charge in [0.2, 0.25) is 5.91 Å². The van der Waals surface area contributed by atoms with Crippen molar-refractivity contribution in [3.8, 4) is 0 Å². The number of amides is 1. The van der Waals surface area contributed by atoms with Crippen molar-refractivity contribution in [1.82, 2.24) is 10.2 Å². The van der Waals surface area contributed by atoms with Gasteiger partial charge in [0.05, 0.1) is 6.54 Å². The molecule has 1 amide bonds. The van der Waals surface area contributed by atoms with E-state index in [0.717, 1.165) is 30.8 Å². The number of rotatable bonds is 10. The SMILES string of the molecule is CC(CC(=O)NC1CC(N(CC(=O)O)CC2CC2)C1)Cc1ccc(Cl)cc1. The monoisotopic (exact) mass is 392 g/mol. The summed E-state index contributed by atoms with van der Waals surface area (Å²) in [6, 6.07) is 8.24. The maximum Gasteiger partial charge on any atom is 0.317 e. The summed E-state index contributed by atoms with van der Waals surface area (Å²) in [5.41, 5.74) is 1.19. The van der Waals surface area contributed by atoms with Gasteiger partial charge in [0.1, 0.15) is 0 Å². The molecule has 2 N–H and O–H groups in total. The minimum absolute atomic E-state index is 0.0897. The van der Waals surface area contributed by atoms with Crippen LogP contribution >= 0.6 is 11.6 Å². The second-order valence-corrected chi connectivity index (χ2v) is 8.73. The maximum absolute atomic E-state index is 12.3. The van der Waals surface area contributed by atoms with Crippen LogP contribution in [0.2, 0.25) is 5.02 Å². The Bertz CT molecular complexity index is 654. The zero-order valence-electron chi connectivity index (χ0n) is 15.9. The van der Waals surface area contributed by atoms with E-state index in [9.17, 15) is 9.59 Å². The average molecular weight is 393 g/mol. The number of nitrogens with one attached hydrogen (secondary N) is 1. The molecule has 0 saturated heterocycles. The van der Waals surface area contributed by atoms with Gasteiger partial charge in [0.25, 0.3) is 0 Å². The molecule has 5 nitrogen and oxygen atoms in total. The number of aliphatic carboxylic acids is 1. The van der Waals surface area contributed by atoms with Crippen LogP contribution in [0.25, 0.3) is 0 Å². The van der Waals surface area contributed by atoms with Gasteiger partial charge in [-0.15, -0.1) is 0 Å². The Hall–Kier alpha value is -1.59. The van der Waals surface area contributed by atoms with Gasteiger partial charge < -0.3 is 10.4 Å². The van der Waals surface area contributed by atoms with Gasteiger partial charge in [-0.3, -0.25) is 14.5 Å². The lowest BCUT2D eigenvalue weighted by Crippen LogP contribution is -2.55. The van der Waals surface area contributed by atoms with Crippen LogP contribution in [0, 0.1) is 11.8 Å². The topological polar surface area (TPSA) is 69.6 Å². The molecule has 0 aliphatic heterocycles. The molecule has 1 unspecified atom stereocenters. The third-order valence-electron chi connectivity index (χ3n) is 5.55. The second kappa shape index (κ2) is 9.07. The second-order valence-electron chi connectivity index (χ2n) is 8.30. The molecule has 2 aliphatic rings. The van der Waals surface area contributed by atoms with Gasteiger partial charge in [-0.25, -0.2) is 0 Å². The van der Waals surface area contributed by atoms with Crippen molar-refractivity contribution >= 4 is 23.5 Å². The number of nitrogens with zero attached hydrogens (tertiary/aromatic N) is 1. The highest BCUT2D eigenvalue weighted by Gasteiger charge is 2.37. The highest BCUT2D eigenvalue weighted by atomic mass is 35.5. The first-order valence-corrected chi connectivity index (χ1v) is 10.3. The number of carbonyl (C=O) groups is 2. The van der Waals surface area contributed by atoms with Gasteiger partial charge in [-0.05, 0) is 61.6 Å². The molecule has 148 valence electrons. The lowest BCUT2D eigenvalue weighted by Gasteiger charge is -2.42. The molecule has 0 aromatic heterocycles. The van der Waals surface area contributed by atoms with Crippen molar-refractivity contribution in [3.05, 3.63) is 34.9 Å². The van der Waals surface area contributed by atoms with E-state index in [-0.39, 0.29) is 24.4 Å². The number of carbonyl (C=O) groups excluding carboxylic acids is 1. The first kappa shape index (κ1) is 20.2. The fourth-order valence-electron chi connectivity index (χ4n) is 3.85. The molecule has 1 atom stereocenters. The number of halogens is 1. The lowest BCUT2D eigenvalue weighted by atomic mass is 9.84. The van der Waals surface area contributed by atoms with Crippen LogP contribution in [0.1, 0.15) is 44.6 Å². The standard InChI is InChI=1S/C21H29ClN2O3/c1-14(8-15-4-6-17(22)7-5-15)9-20(25)23-18-10-19(11-18)24(13-21(26)27)12-16-2-3-16/h4-7,14,16,18-19H,2-3,8-13H2,1H3,(H,23,25)(H,26,27). The van der Waals surface area contributed by atoms with Gasteiger partial charge in [0.15, 0.2) is 0 Å². The van der Waals surface area contributed by atoms with Gasteiger partial charge in [0, 0.05) is 30.1 Å². The van der Waals surface area contributed by atoms with Gasteiger partial charge in [-0.1, -0.05) is 30.7 Å². The molecule has 2 saturated carbocycles. The summed E-state index contributed by atoms with van der Waals surface area (Å²) < 4.78 is 0. The Balaban J connectivity index is 1.37. The summed E-state index contributed by atoms with van der Waals surface area (Å²) in [6.45, 7) is 3.08. The van der Waals surface area contributed by atoms with Crippen molar-refractivity contribution in [3.63, 3.8) is 0 Å². The molecule has 6 heteroatoms. The number of benzene rings is 1. The summed E-state index contributed by atoms with van der Waals surface area (Å²) >= 11 is 5.91. The molecular weight excluding hydrogens is 364 g/mol. The fourth-order valence-corrected chi connectivity index (χ4v) is 3.98. The molecule has 1 aromatic carbocycles. The third kappa shape index (κ3) is 6.51. The number of hydrogen-bond acceptors (Lipinski definition) is 3. The normalized spacial score (nSPS) is 22.9. The Labute approximate surface area is 166 Å². The summed E-state index contributed by atoms with van der Waals surface area (Å²) in [7, 11) is 0. The first-order valence-electron chi connectivity index (χ1n) is 9.88. The van der Waals surface area contributed by atoms with Crippen LogP contribution < -0.4 is 5.32 Å². The molecule has 1 aromatic rings. The quantitative estimate of drug-likeness (QED) is 0.640. The van der Waals surface area contributed by atoms with Crippen LogP contribution in [0.15, 0.2) is 24.3 Å². The van der Waals surface area contributed by atoms with Crippen molar-refractivity contribution in [1.29, 1.82) is 0 Å². The average Bonchev–Trinajstić information content (AvgIpc) is 3.35. The number of carboxylic acids is 1. The first-order chi connectivity index (χ1) is 12.9. The Morgan fingerprint density at radius 1 is 1.26 bits per heavy atom. The Morgan fingerprint density at radius 3 is 2.52 bits per heavy atom. The zero-order valence-corrected chi connectivity index (χ0v) is 16.6. The zero-order chi connectivity index (χ0) is 19.4. The minimum atomic E-state index is -0.765. The molecule has 0 radical (unpaired) electrons. The molecule has 0 spiro atoms. The molecule has 2 fully saturated rings. The van der Waals surface area contributed by atoms with Crippen LogP contribution in [0.3, 0.4) is 0 Å². The highest BCUT2D eigenvalue weighted by Crippen LogP contribution is 2.33. The van der Waals surface area contributed by atoms with E-state index in [2.05, 4.69) is 17.1 Å². The summed E-state index contributed by atoms with van der Waals surface area (Å²) in [5, 5.41) is 13.0. The largest absolute Gasteiger partial charge is 0.480 e. The summed E-state index contributed by atoms with van der Waals surface area (Å²) in [4.78, 5) is 25.5. The lowest BCUT2D eigenvalue weighted by molar-refractivity contribution is -0.140. The number of hydrogen-bond donors (Lipinski definition) is 2. The van der Waals surface area contributed by atoms with E-state index < -0.39 is 5.97 Å². The van der Waals surface area contributed by atoms with E-state index >= 15 is 0 Å². The highest BCUT2D eigenvalue weighted by molar-refractivity contribution is 6.30. The predicted molar refractivity (Wildman–Crippen MR) is 106 cm³/mol. The Morgan fingerprint density at radius 2 is 1.93 bits per heavy atom. The maximum atomic E-state index is 12.3. The van der Waals surface area contributed by atoms with Crippen molar-refractivity contribution in [2.45, 2.75) is 57.5 Å². The van der Waals surface area contributed by atoms with E-state index in [1.807, 2.05) is 24.3 Å². The fraction of sp³-hybridized carbons (Fsp3) is 0.619. The van der Waals surface area contributed by atoms with Crippen molar-refractivity contribution in [2.24, 2.45) is 11.8 Å². The van der Waals surface area contributed by atoms with E-state index in [0.29, 0.717) is 18.4 Å². The van der Waals surface area contributed by atoms with Gasteiger partial charge in [-0.2, -0.15) is 0 Å². The molecule has 27 heavy (non-hydrogen) atoms. The minimum Gasteiger partial charge on any atom is -0.480 e. The van der Waals surface area contributed by atoms with Crippen LogP contribution in [0.4, 0.5) is 0 Å². The van der Waals surface area contributed by atoms with Crippen molar-refractivity contribution < 1.29 is 14.7 Å². The molecular formula is C21H29ClN2O3. The molecule has 2 aliphatic carbocycles.